The molecule has 0 aromatic heterocycles. The van der Waals surface area contributed by atoms with Gasteiger partial charge in [-0.25, -0.2) is 0 Å². The van der Waals surface area contributed by atoms with E-state index in [0.29, 0.717) is 6.04 Å². The zero-order valence-corrected chi connectivity index (χ0v) is 16.3. The van der Waals surface area contributed by atoms with E-state index in [9.17, 15) is 4.79 Å². The van der Waals surface area contributed by atoms with Crippen LogP contribution in [0.25, 0.3) is 0 Å². The van der Waals surface area contributed by atoms with Gasteiger partial charge in [0.05, 0.1) is 5.92 Å². The molecule has 26 heavy (non-hydrogen) atoms. The number of carboxylic acids is 1. The standard InChI is InChI=1S/C22H34N2O2/c1-16-11-17(2)14-24(13-16)15-19-5-3-18(4-6-19)12-23-21-9-7-20(8-10-21)22(25)26/h3-6,16-17,20-21,23H,7-15H2,1-2H3,(H,25,26). The van der Waals surface area contributed by atoms with E-state index >= 15 is 0 Å². The van der Waals surface area contributed by atoms with E-state index in [4.69, 9.17) is 5.11 Å². The number of hydrogen-bond donors (Lipinski definition) is 2. The van der Waals surface area contributed by atoms with Crippen LogP contribution in [0.1, 0.15) is 57.1 Å². The first kappa shape index (κ1) is 19.4. The topological polar surface area (TPSA) is 52.6 Å². The normalized spacial score (nSPS) is 30.2. The van der Waals surface area contributed by atoms with Crippen LogP contribution in [-0.2, 0) is 17.9 Å². The van der Waals surface area contributed by atoms with Crippen molar-refractivity contribution in [2.45, 2.75) is 65.1 Å². The number of aliphatic carboxylic acids is 1. The minimum Gasteiger partial charge on any atom is -0.481 e. The van der Waals surface area contributed by atoms with Crippen molar-refractivity contribution in [3.63, 3.8) is 0 Å². The highest BCUT2D eigenvalue weighted by atomic mass is 16.4. The molecule has 1 aliphatic carbocycles. The monoisotopic (exact) mass is 358 g/mol. The molecule has 144 valence electrons. The lowest BCUT2D eigenvalue weighted by Crippen LogP contribution is -2.38. The quantitative estimate of drug-likeness (QED) is 0.810. The summed E-state index contributed by atoms with van der Waals surface area (Å²) < 4.78 is 0. The highest BCUT2D eigenvalue weighted by Gasteiger charge is 2.25. The van der Waals surface area contributed by atoms with Crippen molar-refractivity contribution < 1.29 is 9.90 Å². The molecule has 1 saturated heterocycles. The first-order valence-corrected chi connectivity index (χ1v) is 10.3. The molecule has 1 heterocycles. The van der Waals surface area contributed by atoms with Crippen molar-refractivity contribution in [3.8, 4) is 0 Å². The fraction of sp³-hybridized carbons (Fsp3) is 0.682. The van der Waals surface area contributed by atoms with Gasteiger partial charge in [0.2, 0.25) is 0 Å². The van der Waals surface area contributed by atoms with Gasteiger partial charge >= 0.3 is 5.97 Å². The number of nitrogens with zero attached hydrogens (tertiary/aromatic N) is 1. The number of nitrogens with one attached hydrogen (secondary N) is 1. The Balaban J connectivity index is 1.42. The van der Waals surface area contributed by atoms with E-state index in [1.165, 1.54) is 30.6 Å². The molecule has 2 N–H and O–H groups in total. The zero-order valence-electron chi connectivity index (χ0n) is 16.3. The molecule has 2 unspecified atom stereocenters. The summed E-state index contributed by atoms with van der Waals surface area (Å²) in [6.07, 6.45) is 4.91. The Morgan fingerprint density at radius 1 is 1.04 bits per heavy atom. The van der Waals surface area contributed by atoms with Crippen LogP contribution in [0.2, 0.25) is 0 Å². The van der Waals surface area contributed by atoms with Crippen molar-refractivity contribution in [3.05, 3.63) is 35.4 Å². The van der Waals surface area contributed by atoms with Crippen LogP contribution in [-0.4, -0.2) is 35.1 Å². The average Bonchev–Trinajstić information content (AvgIpc) is 2.60. The molecule has 3 rings (SSSR count). The van der Waals surface area contributed by atoms with Gasteiger partial charge in [0.15, 0.2) is 0 Å². The smallest absolute Gasteiger partial charge is 0.306 e. The second-order valence-corrected chi connectivity index (χ2v) is 8.72. The van der Waals surface area contributed by atoms with Gasteiger partial charge in [-0.2, -0.15) is 0 Å². The van der Waals surface area contributed by atoms with Crippen molar-refractivity contribution in [2.24, 2.45) is 17.8 Å². The van der Waals surface area contributed by atoms with Crippen molar-refractivity contribution in [2.75, 3.05) is 13.1 Å². The molecule has 2 aliphatic rings. The number of carbonyl (C=O) groups is 1. The number of hydrogen-bond acceptors (Lipinski definition) is 3. The number of rotatable bonds is 6. The molecule has 0 amide bonds. The highest BCUT2D eigenvalue weighted by Crippen LogP contribution is 2.25. The van der Waals surface area contributed by atoms with Crippen LogP contribution in [0.5, 0.6) is 0 Å². The summed E-state index contributed by atoms with van der Waals surface area (Å²) in [4.78, 5) is 13.6. The third kappa shape index (κ3) is 5.55. The maximum atomic E-state index is 11.0. The molecule has 0 spiro atoms. The molecule has 1 aromatic carbocycles. The Hall–Kier alpha value is -1.39. The van der Waals surface area contributed by atoms with E-state index in [1.807, 2.05) is 0 Å². The first-order chi connectivity index (χ1) is 12.5. The van der Waals surface area contributed by atoms with Gasteiger partial charge in [0, 0.05) is 32.2 Å². The van der Waals surface area contributed by atoms with Gasteiger partial charge < -0.3 is 10.4 Å². The summed E-state index contributed by atoms with van der Waals surface area (Å²) in [5, 5.41) is 12.7. The summed E-state index contributed by atoms with van der Waals surface area (Å²) in [6.45, 7) is 9.09. The number of carboxylic acid groups (broad SMARTS) is 1. The van der Waals surface area contributed by atoms with Crippen molar-refractivity contribution in [1.29, 1.82) is 0 Å². The molecule has 1 saturated carbocycles. The predicted molar refractivity (Wildman–Crippen MR) is 105 cm³/mol. The summed E-state index contributed by atoms with van der Waals surface area (Å²) in [5.41, 5.74) is 2.71. The fourth-order valence-electron chi connectivity index (χ4n) is 4.75. The molecular weight excluding hydrogens is 324 g/mol. The molecule has 4 heteroatoms. The minimum absolute atomic E-state index is 0.132. The predicted octanol–water partition coefficient (Wildman–Crippen LogP) is 3.90. The van der Waals surface area contributed by atoms with E-state index in [-0.39, 0.29) is 5.92 Å². The zero-order chi connectivity index (χ0) is 18.5. The average molecular weight is 359 g/mol. The van der Waals surface area contributed by atoms with Crippen molar-refractivity contribution >= 4 is 5.97 Å². The third-order valence-corrected chi connectivity index (χ3v) is 6.04. The molecular formula is C22H34N2O2. The van der Waals surface area contributed by atoms with Gasteiger partial charge in [-0.1, -0.05) is 38.1 Å². The van der Waals surface area contributed by atoms with Crippen LogP contribution in [0.4, 0.5) is 0 Å². The Labute approximate surface area is 158 Å². The lowest BCUT2D eigenvalue weighted by Gasteiger charge is -2.35. The lowest BCUT2D eigenvalue weighted by atomic mass is 9.86. The van der Waals surface area contributed by atoms with E-state index in [0.717, 1.165) is 50.6 Å². The molecule has 1 aromatic rings. The summed E-state index contributed by atoms with van der Waals surface area (Å²) >= 11 is 0. The van der Waals surface area contributed by atoms with Gasteiger partial charge in [0.25, 0.3) is 0 Å². The number of piperidine rings is 1. The summed E-state index contributed by atoms with van der Waals surface area (Å²) in [7, 11) is 0. The van der Waals surface area contributed by atoms with E-state index in [1.54, 1.807) is 0 Å². The fourth-order valence-corrected chi connectivity index (χ4v) is 4.75. The first-order valence-electron chi connectivity index (χ1n) is 10.3. The Kier molecular flexibility index (Phi) is 6.71. The third-order valence-electron chi connectivity index (χ3n) is 6.04. The molecule has 0 radical (unpaired) electrons. The molecule has 4 nitrogen and oxygen atoms in total. The van der Waals surface area contributed by atoms with Crippen LogP contribution in [0.15, 0.2) is 24.3 Å². The van der Waals surface area contributed by atoms with Gasteiger partial charge in [-0.15, -0.1) is 0 Å². The van der Waals surface area contributed by atoms with Crippen molar-refractivity contribution in [1.82, 2.24) is 10.2 Å². The van der Waals surface area contributed by atoms with Gasteiger partial charge in [-0.3, -0.25) is 9.69 Å². The van der Waals surface area contributed by atoms with Crippen LogP contribution < -0.4 is 5.32 Å². The molecule has 2 atom stereocenters. The second-order valence-electron chi connectivity index (χ2n) is 8.72. The summed E-state index contributed by atoms with van der Waals surface area (Å²) in [5.74, 6) is 0.848. The SMILES string of the molecule is CC1CC(C)CN(Cc2ccc(CNC3CCC(C(=O)O)CC3)cc2)C1. The van der Waals surface area contributed by atoms with Crippen LogP contribution in [0.3, 0.4) is 0 Å². The van der Waals surface area contributed by atoms with Gasteiger partial charge in [-0.05, 0) is 55.1 Å². The molecule has 1 aliphatic heterocycles. The maximum Gasteiger partial charge on any atom is 0.306 e. The number of likely N-dealkylation sites (tertiary alicyclic amines) is 1. The largest absolute Gasteiger partial charge is 0.481 e. The van der Waals surface area contributed by atoms with Gasteiger partial charge in [0.1, 0.15) is 0 Å². The van der Waals surface area contributed by atoms with Crippen LogP contribution >= 0.6 is 0 Å². The second kappa shape index (κ2) is 9.01. The maximum absolute atomic E-state index is 11.0. The molecule has 2 fully saturated rings. The van der Waals surface area contributed by atoms with Crippen LogP contribution in [0, 0.1) is 17.8 Å². The lowest BCUT2D eigenvalue weighted by molar-refractivity contribution is -0.142. The Bertz CT molecular complexity index is 568. The molecule has 0 bridgehead atoms. The van der Waals surface area contributed by atoms with E-state index in [2.05, 4.69) is 48.3 Å². The minimum atomic E-state index is -0.628. The summed E-state index contributed by atoms with van der Waals surface area (Å²) in [6, 6.07) is 9.47. The van der Waals surface area contributed by atoms with E-state index < -0.39 is 5.97 Å². The Morgan fingerprint density at radius 3 is 2.19 bits per heavy atom. The number of benzene rings is 1. The Morgan fingerprint density at radius 2 is 1.62 bits per heavy atom. The highest BCUT2D eigenvalue weighted by molar-refractivity contribution is 5.70.